The van der Waals surface area contributed by atoms with Gasteiger partial charge in [0.1, 0.15) is 5.71 Å². The fourth-order valence-corrected chi connectivity index (χ4v) is 5.95. The van der Waals surface area contributed by atoms with E-state index in [0.29, 0.717) is 18.7 Å². The van der Waals surface area contributed by atoms with Crippen LogP contribution in [0.3, 0.4) is 0 Å². The third-order valence-electron chi connectivity index (χ3n) is 7.90. The normalized spacial score (nSPS) is 15.2. The molecule has 40 heavy (non-hydrogen) atoms. The second-order valence-corrected chi connectivity index (χ2v) is 11.2. The van der Waals surface area contributed by atoms with Crippen molar-refractivity contribution in [2.24, 2.45) is 10.1 Å². The SMILES string of the molecule is CCCCCCCCCC(OC(=O)/C(=N/O)C1=NCC(CCC)(CCC)c2c(C)cccc21)C(=O)OCCCC. The van der Waals surface area contributed by atoms with E-state index in [4.69, 9.17) is 14.5 Å². The first kappa shape index (κ1) is 33.5. The van der Waals surface area contributed by atoms with Crippen molar-refractivity contribution in [3.8, 4) is 0 Å². The van der Waals surface area contributed by atoms with Gasteiger partial charge in [0.2, 0.25) is 5.71 Å². The topological polar surface area (TPSA) is 97.5 Å². The van der Waals surface area contributed by atoms with Gasteiger partial charge in [-0.1, -0.05) is 109 Å². The molecule has 1 atom stereocenters. The van der Waals surface area contributed by atoms with E-state index < -0.39 is 18.0 Å². The number of ether oxygens (including phenoxy) is 2. The Morgan fingerprint density at radius 2 is 1.60 bits per heavy atom. The van der Waals surface area contributed by atoms with Crippen LogP contribution in [0.1, 0.15) is 134 Å². The Labute approximate surface area is 241 Å². The highest BCUT2D eigenvalue weighted by molar-refractivity contribution is 6.69. The van der Waals surface area contributed by atoms with E-state index in [-0.39, 0.29) is 17.7 Å². The molecule has 0 saturated carbocycles. The number of carbonyl (C=O) groups excluding carboxylic acids is 2. The number of esters is 2. The van der Waals surface area contributed by atoms with Gasteiger partial charge in [0.25, 0.3) is 0 Å². The first-order chi connectivity index (χ1) is 19.4. The summed E-state index contributed by atoms with van der Waals surface area (Å²) in [7, 11) is 0. The highest BCUT2D eigenvalue weighted by Crippen LogP contribution is 2.41. The van der Waals surface area contributed by atoms with Crippen molar-refractivity contribution in [2.75, 3.05) is 13.2 Å². The molecule has 7 nitrogen and oxygen atoms in total. The van der Waals surface area contributed by atoms with Crippen LogP contribution in [0.15, 0.2) is 28.3 Å². The molecule has 0 saturated heterocycles. The summed E-state index contributed by atoms with van der Waals surface area (Å²) >= 11 is 0. The monoisotopic (exact) mass is 556 g/mol. The van der Waals surface area contributed by atoms with Gasteiger partial charge in [-0.15, -0.1) is 0 Å². The van der Waals surface area contributed by atoms with Gasteiger partial charge < -0.3 is 14.7 Å². The van der Waals surface area contributed by atoms with E-state index in [1.807, 2.05) is 19.1 Å². The van der Waals surface area contributed by atoms with E-state index in [1.165, 1.54) is 19.3 Å². The zero-order valence-electron chi connectivity index (χ0n) is 25.6. The van der Waals surface area contributed by atoms with Crippen LogP contribution in [0.4, 0.5) is 0 Å². The molecule has 0 spiro atoms. The summed E-state index contributed by atoms with van der Waals surface area (Å²) in [4.78, 5) is 31.1. The molecule has 0 aromatic heterocycles. The van der Waals surface area contributed by atoms with Crippen molar-refractivity contribution in [1.29, 1.82) is 0 Å². The summed E-state index contributed by atoms with van der Waals surface area (Å²) < 4.78 is 11.1. The molecule has 1 aromatic rings. The van der Waals surface area contributed by atoms with Crippen LogP contribution in [0.2, 0.25) is 0 Å². The summed E-state index contributed by atoms with van der Waals surface area (Å²) in [6, 6.07) is 5.96. The number of aryl methyl sites for hydroxylation is 1. The first-order valence-electron chi connectivity index (χ1n) is 15.6. The van der Waals surface area contributed by atoms with Gasteiger partial charge in [-0.3, -0.25) is 4.99 Å². The van der Waals surface area contributed by atoms with Gasteiger partial charge in [0.15, 0.2) is 6.10 Å². The Balaban J connectivity index is 2.25. The lowest BCUT2D eigenvalue weighted by Crippen LogP contribution is -2.41. The number of aliphatic imine (C=N–C) groups is 1. The molecule has 1 unspecified atom stereocenters. The fraction of sp³-hybridized carbons (Fsp3) is 0.697. The van der Waals surface area contributed by atoms with Crippen molar-refractivity contribution in [2.45, 2.75) is 136 Å². The predicted molar refractivity (Wildman–Crippen MR) is 162 cm³/mol. The molecule has 0 aliphatic carbocycles. The van der Waals surface area contributed by atoms with Crippen molar-refractivity contribution >= 4 is 23.4 Å². The molecule has 0 fully saturated rings. The minimum Gasteiger partial charge on any atom is -0.463 e. The van der Waals surface area contributed by atoms with E-state index in [9.17, 15) is 14.8 Å². The molecule has 0 amide bonds. The smallest absolute Gasteiger partial charge is 0.363 e. The highest BCUT2D eigenvalue weighted by Gasteiger charge is 2.40. The van der Waals surface area contributed by atoms with E-state index >= 15 is 0 Å². The second kappa shape index (κ2) is 17.9. The Morgan fingerprint density at radius 3 is 2.23 bits per heavy atom. The standard InChI is InChI=1S/C33H52N2O5/c1-6-10-12-13-14-15-16-20-27(31(36)39-23-11-7-2)40-32(37)30(35-38)29-26-19-17-18-25(5)28(26)33(21-8-3,22-9-4)24-34-29/h17-19,27,38H,6-16,20-24H2,1-5H3/b35-30+. The highest BCUT2D eigenvalue weighted by atomic mass is 16.6. The Morgan fingerprint density at radius 1 is 0.950 bits per heavy atom. The lowest BCUT2D eigenvalue weighted by molar-refractivity contribution is -0.164. The van der Waals surface area contributed by atoms with Crippen molar-refractivity contribution < 1.29 is 24.3 Å². The summed E-state index contributed by atoms with van der Waals surface area (Å²) in [5.74, 6) is -1.40. The number of oxime groups is 1. The van der Waals surface area contributed by atoms with Crippen LogP contribution < -0.4 is 0 Å². The fourth-order valence-electron chi connectivity index (χ4n) is 5.95. The Kier molecular flexibility index (Phi) is 15.0. The van der Waals surface area contributed by atoms with E-state index in [2.05, 4.69) is 38.9 Å². The molecule has 1 heterocycles. The molecule has 1 aromatic carbocycles. The number of fused-ring (bicyclic) bond motifs is 1. The van der Waals surface area contributed by atoms with Crippen LogP contribution in [0, 0.1) is 6.92 Å². The molecule has 1 aliphatic rings. The molecule has 1 N–H and O–H groups in total. The Hall–Kier alpha value is -2.70. The number of rotatable bonds is 19. The average Bonchev–Trinajstić information content (AvgIpc) is 2.94. The lowest BCUT2D eigenvalue weighted by atomic mass is 9.68. The lowest BCUT2D eigenvalue weighted by Gasteiger charge is -2.39. The maximum Gasteiger partial charge on any atom is 0.363 e. The largest absolute Gasteiger partial charge is 0.463 e. The van der Waals surface area contributed by atoms with Crippen LogP contribution >= 0.6 is 0 Å². The molecular formula is C33H52N2O5. The molecule has 0 bridgehead atoms. The zero-order chi connectivity index (χ0) is 29.4. The molecule has 2 rings (SSSR count). The quantitative estimate of drug-likeness (QED) is 0.0615. The number of nitrogens with zero attached hydrogens (tertiary/aromatic N) is 2. The summed E-state index contributed by atoms with van der Waals surface area (Å²) in [5.41, 5.74) is 3.03. The van der Waals surface area contributed by atoms with Crippen LogP contribution in [-0.2, 0) is 24.5 Å². The van der Waals surface area contributed by atoms with Gasteiger partial charge in [-0.05, 0) is 50.2 Å². The number of unbranched alkanes of at least 4 members (excludes halogenated alkanes) is 7. The molecular weight excluding hydrogens is 504 g/mol. The number of hydrogen-bond acceptors (Lipinski definition) is 7. The number of carbonyl (C=O) groups is 2. The first-order valence-corrected chi connectivity index (χ1v) is 15.6. The van der Waals surface area contributed by atoms with E-state index in [0.717, 1.165) is 80.9 Å². The average molecular weight is 557 g/mol. The van der Waals surface area contributed by atoms with Gasteiger partial charge in [0, 0.05) is 17.5 Å². The number of hydrogen-bond donors (Lipinski definition) is 1. The van der Waals surface area contributed by atoms with Crippen LogP contribution in [0.5, 0.6) is 0 Å². The minimum atomic E-state index is -1.04. The van der Waals surface area contributed by atoms with Gasteiger partial charge >= 0.3 is 11.9 Å². The van der Waals surface area contributed by atoms with Gasteiger partial charge in [-0.2, -0.15) is 0 Å². The van der Waals surface area contributed by atoms with Crippen molar-refractivity contribution in [3.05, 3.63) is 34.9 Å². The summed E-state index contributed by atoms with van der Waals surface area (Å²) in [5, 5.41) is 13.4. The minimum absolute atomic E-state index is 0.124. The third kappa shape index (κ3) is 9.17. The molecule has 7 heteroatoms. The van der Waals surface area contributed by atoms with Gasteiger partial charge in [0.05, 0.1) is 6.61 Å². The third-order valence-corrected chi connectivity index (χ3v) is 7.90. The maximum atomic E-state index is 13.4. The maximum absolute atomic E-state index is 13.4. The molecule has 0 radical (unpaired) electrons. The second-order valence-electron chi connectivity index (χ2n) is 11.2. The van der Waals surface area contributed by atoms with E-state index in [1.54, 1.807) is 0 Å². The summed E-state index contributed by atoms with van der Waals surface area (Å²) in [6.45, 7) is 11.5. The van der Waals surface area contributed by atoms with Crippen LogP contribution in [-0.4, -0.2) is 47.8 Å². The number of benzene rings is 1. The van der Waals surface area contributed by atoms with Crippen LogP contribution in [0.25, 0.3) is 0 Å². The molecule has 224 valence electrons. The molecule has 1 aliphatic heterocycles. The van der Waals surface area contributed by atoms with Crippen molar-refractivity contribution in [3.63, 3.8) is 0 Å². The predicted octanol–water partition coefficient (Wildman–Crippen LogP) is 7.86. The van der Waals surface area contributed by atoms with Crippen molar-refractivity contribution in [1.82, 2.24) is 0 Å². The van der Waals surface area contributed by atoms with Gasteiger partial charge in [-0.25, -0.2) is 9.59 Å². The zero-order valence-corrected chi connectivity index (χ0v) is 25.6. The summed E-state index contributed by atoms with van der Waals surface area (Å²) in [6.07, 6.45) is 12.6. The Bertz CT molecular complexity index is 995.